The van der Waals surface area contributed by atoms with Crippen LogP contribution in [0.15, 0.2) is 24.3 Å². The Balaban J connectivity index is 2.42. The molecule has 0 spiro atoms. The zero-order valence-electron chi connectivity index (χ0n) is 11.6. The summed E-state index contributed by atoms with van der Waals surface area (Å²) >= 11 is 0. The Hall–Kier alpha value is -1.95. The molecule has 0 saturated carbocycles. The fraction of sp³-hybridized carbons (Fsp3) is 0.500. The number of carbonyl (C=O) groups excluding carboxylic acids is 1. The van der Waals surface area contributed by atoms with E-state index in [0.29, 0.717) is 6.54 Å². The number of hydrogen-bond donors (Lipinski definition) is 1. The molecule has 6 nitrogen and oxygen atoms in total. The molecule has 20 heavy (non-hydrogen) atoms. The molecule has 1 amide bonds. The molecule has 0 aliphatic carbocycles. The van der Waals surface area contributed by atoms with Crippen molar-refractivity contribution in [3.05, 3.63) is 39.9 Å². The number of benzene rings is 1. The van der Waals surface area contributed by atoms with Crippen LogP contribution < -0.4 is 0 Å². The van der Waals surface area contributed by atoms with Crippen molar-refractivity contribution in [1.82, 2.24) is 4.90 Å². The summed E-state index contributed by atoms with van der Waals surface area (Å²) in [5, 5.41) is 19.2. The van der Waals surface area contributed by atoms with Crippen molar-refractivity contribution in [3.8, 4) is 0 Å². The van der Waals surface area contributed by atoms with E-state index < -0.39 is 4.92 Å². The lowest BCUT2D eigenvalue weighted by Gasteiger charge is -2.17. The highest BCUT2D eigenvalue weighted by atomic mass is 16.6. The van der Waals surface area contributed by atoms with Gasteiger partial charge in [0.25, 0.3) is 5.69 Å². The minimum atomic E-state index is -0.459. The molecule has 1 aromatic rings. The molecule has 0 aliphatic rings. The number of amides is 1. The Morgan fingerprint density at radius 2 is 1.90 bits per heavy atom. The van der Waals surface area contributed by atoms with Gasteiger partial charge in [-0.2, -0.15) is 0 Å². The van der Waals surface area contributed by atoms with Gasteiger partial charge in [0.15, 0.2) is 0 Å². The first-order valence-corrected chi connectivity index (χ1v) is 6.62. The first kappa shape index (κ1) is 16.1. The largest absolute Gasteiger partial charge is 0.396 e. The van der Waals surface area contributed by atoms with Crippen LogP contribution in [-0.2, 0) is 11.2 Å². The van der Waals surface area contributed by atoms with Crippen LogP contribution in [0, 0.1) is 10.1 Å². The monoisotopic (exact) mass is 280 g/mol. The van der Waals surface area contributed by atoms with Crippen LogP contribution in [0.2, 0.25) is 0 Å². The van der Waals surface area contributed by atoms with Gasteiger partial charge in [0.1, 0.15) is 0 Å². The minimum absolute atomic E-state index is 0.0112. The van der Waals surface area contributed by atoms with Crippen molar-refractivity contribution in [2.45, 2.75) is 25.7 Å². The van der Waals surface area contributed by atoms with E-state index in [-0.39, 0.29) is 24.6 Å². The van der Waals surface area contributed by atoms with Crippen LogP contribution in [0.3, 0.4) is 0 Å². The second-order valence-corrected chi connectivity index (χ2v) is 4.70. The van der Waals surface area contributed by atoms with Crippen molar-refractivity contribution in [1.29, 1.82) is 0 Å². The lowest BCUT2D eigenvalue weighted by atomic mass is 10.1. The van der Waals surface area contributed by atoms with Gasteiger partial charge >= 0.3 is 0 Å². The standard InChI is InChI=1S/C14H20N2O4/c1-15(9-3-2-4-10-17)14(18)11-12-5-7-13(8-6-12)16(19)20/h5-8,17H,2-4,9-11H2,1H3. The van der Waals surface area contributed by atoms with Gasteiger partial charge in [0.2, 0.25) is 5.91 Å². The Labute approximate surface area is 118 Å². The third-order valence-corrected chi connectivity index (χ3v) is 3.08. The van der Waals surface area contributed by atoms with Crippen molar-refractivity contribution >= 4 is 11.6 Å². The summed E-state index contributed by atoms with van der Waals surface area (Å²) in [6, 6.07) is 6.03. The fourth-order valence-corrected chi connectivity index (χ4v) is 1.81. The van der Waals surface area contributed by atoms with Gasteiger partial charge in [-0.05, 0) is 24.8 Å². The molecule has 1 N–H and O–H groups in total. The van der Waals surface area contributed by atoms with E-state index in [2.05, 4.69) is 0 Å². The van der Waals surface area contributed by atoms with E-state index in [4.69, 9.17) is 5.11 Å². The van der Waals surface area contributed by atoms with Gasteiger partial charge in [0.05, 0.1) is 11.3 Å². The number of unbranched alkanes of at least 4 members (excludes halogenated alkanes) is 2. The maximum atomic E-state index is 11.9. The van der Waals surface area contributed by atoms with E-state index in [9.17, 15) is 14.9 Å². The maximum Gasteiger partial charge on any atom is 0.269 e. The lowest BCUT2D eigenvalue weighted by Crippen LogP contribution is -2.29. The van der Waals surface area contributed by atoms with Gasteiger partial charge in [-0.25, -0.2) is 0 Å². The number of aliphatic hydroxyl groups excluding tert-OH is 1. The smallest absolute Gasteiger partial charge is 0.269 e. The van der Waals surface area contributed by atoms with Crippen LogP contribution >= 0.6 is 0 Å². The van der Waals surface area contributed by atoms with Crippen LogP contribution in [0.4, 0.5) is 5.69 Å². The molecule has 6 heteroatoms. The number of hydrogen-bond acceptors (Lipinski definition) is 4. The molecular formula is C14H20N2O4. The Morgan fingerprint density at radius 1 is 1.25 bits per heavy atom. The Morgan fingerprint density at radius 3 is 2.45 bits per heavy atom. The van der Waals surface area contributed by atoms with E-state index in [1.54, 1.807) is 24.1 Å². The van der Waals surface area contributed by atoms with Crippen LogP contribution in [-0.4, -0.2) is 41.0 Å². The average molecular weight is 280 g/mol. The summed E-state index contributed by atoms with van der Waals surface area (Å²) in [7, 11) is 1.74. The van der Waals surface area contributed by atoms with Gasteiger partial charge in [-0.1, -0.05) is 12.1 Å². The maximum absolute atomic E-state index is 11.9. The fourth-order valence-electron chi connectivity index (χ4n) is 1.81. The quantitative estimate of drug-likeness (QED) is 0.447. The first-order valence-electron chi connectivity index (χ1n) is 6.62. The van der Waals surface area contributed by atoms with Crippen molar-refractivity contribution in [2.24, 2.45) is 0 Å². The molecule has 0 saturated heterocycles. The van der Waals surface area contributed by atoms with Crippen molar-refractivity contribution in [3.63, 3.8) is 0 Å². The topological polar surface area (TPSA) is 83.7 Å². The normalized spacial score (nSPS) is 10.3. The number of carbonyl (C=O) groups is 1. The SMILES string of the molecule is CN(CCCCCO)C(=O)Cc1ccc([N+](=O)[O-])cc1. The Kier molecular flexibility index (Phi) is 6.66. The van der Waals surface area contributed by atoms with E-state index in [0.717, 1.165) is 24.8 Å². The number of rotatable bonds is 8. The zero-order chi connectivity index (χ0) is 15.0. The number of likely N-dealkylation sites (N-methyl/N-ethyl adjacent to an activating group) is 1. The molecule has 0 heterocycles. The number of nitrogens with zero attached hydrogens (tertiary/aromatic N) is 2. The van der Waals surface area contributed by atoms with Gasteiger partial charge in [0, 0.05) is 32.3 Å². The molecular weight excluding hydrogens is 260 g/mol. The number of nitro groups is 1. The number of aliphatic hydroxyl groups is 1. The predicted molar refractivity (Wildman–Crippen MR) is 75.4 cm³/mol. The van der Waals surface area contributed by atoms with E-state index in [1.165, 1.54) is 12.1 Å². The highest BCUT2D eigenvalue weighted by Crippen LogP contribution is 2.12. The molecule has 1 rings (SSSR count). The molecule has 0 radical (unpaired) electrons. The molecule has 0 aromatic heterocycles. The number of nitro benzene ring substituents is 1. The number of non-ortho nitro benzene ring substituents is 1. The molecule has 0 fully saturated rings. The van der Waals surface area contributed by atoms with Gasteiger partial charge in [-0.3, -0.25) is 14.9 Å². The summed E-state index contributed by atoms with van der Waals surface area (Å²) in [4.78, 5) is 23.7. The Bertz CT molecular complexity index is 445. The molecule has 110 valence electrons. The highest BCUT2D eigenvalue weighted by Gasteiger charge is 2.10. The third-order valence-electron chi connectivity index (χ3n) is 3.08. The van der Waals surface area contributed by atoms with Crippen molar-refractivity contribution in [2.75, 3.05) is 20.2 Å². The second kappa shape index (κ2) is 8.27. The van der Waals surface area contributed by atoms with E-state index >= 15 is 0 Å². The van der Waals surface area contributed by atoms with Gasteiger partial charge < -0.3 is 10.0 Å². The third kappa shape index (κ3) is 5.36. The molecule has 0 aliphatic heterocycles. The van der Waals surface area contributed by atoms with Crippen LogP contribution in [0.5, 0.6) is 0 Å². The summed E-state index contributed by atoms with van der Waals surface area (Å²) in [6.45, 7) is 0.840. The highest BCUT2D eigenvalue weighted by molar-refractivity contribution is 5.78. The van der Waals surface area contributed by atoms with Crippen LogP contribution in [0.25, 0.3) is 0 Å². The predicted octanol–water partition coefficient (Wildman–Crippen LogP) is 1.76. The summed E-state index contributed by atoms with van der Waals surface area (Å²) in [5.41, 5.74) is 0.793. The summed E-state index contributed by atoms with van der Waals surface area (Å²) < 4.78 is 0. The average Bonchev–Trinajstić information content (AvgIpc) is 2.44. The minimum Gasteiger partial charge on any atom is -0.396 e. The summed E-state index contributed by atoms with van der Waals surface area (Å²) in [5.74, 6) is -0.0112. The summed E-state index contributed by atoms with van der Waals surface area (Å²) in [6.07, 6.45) is 2.76. The van der Waals surface area contributed by atoms with Crippen LogP contribution in [0.1, 0.15) is 24.8 Å². The first-order chi connectivity index (χ1) is 9.54. The van der Waals surface area contributed by atoms with Gasteiger partial charge in [-0.15, -0.1) is 0 Å². The van der Waals surface area contributed by atoms with E-state index in [1.807, 2.05) is 0 Å². The molecule has 1 aromatic carbocycles. The van der Waals surface area contributed by atoms with Crippen molar-refractivity contribution < 1.29 is 14.8 Å². The molecule has 0 unspecified atom stereocenters. The zero-order valence-corrected chi connectivity index (χ0v) is 11.6. The molecule has 0 bridgehead atoms. The lowest BCUT2D eigenvalue weighted by molar-refractivity contribution is -0.384. The second-order valence-electron chi connectivity index (χ2n) is 4.70. The molecule has 0 atom stereocenters.